The molecule has 0 radical (unpaired) electrons. The van der Waals surface area contributed by atoms with Gasteiger partial charge in [-0.3, -0.25) is 0 Å². The molecule has 0 aliphatic heterocycles. The lowest BCUT2D eigenvalue weighted by Gasteiger charge is -2.07. The van der Waals surface area contributed by atoms with E-state index in [1.165, 1.54) is 0 Å². The Hall–Kier alpha value is -1.51. The number of carbonyl (C=O) groups is 1. The van der Waals surface area contributed by atoms with Crippen LogP contribution in [-0.4, -0.2) is 13.1 Å². The smallest absolute Gasteiger partial charge is 0.318 e. The molecule has 0 fully saturated rings. The van der Waals surface area contributed by atoms with Crippen molar-refractivity contribution in [3.63, 3.8) is 0 Å². The van der Waals surface area contributed by atoms with Crippen molar-refractivity contribution in [2.45, 2.75) is 6.92 Å². The van der Waals surface area contributed by atoms with Gasteiger partial charge in [0, 0.05) is 12.7 Å². The lowest BCUT2D eigenvalue weighted by molar-refractivity contribution is 0.245. The largest absolute Gasteiger partial charge is 0.341 e. The topological polar surface area (TPSA) is 41.1 Å². The van der Waals surface area contributed by atoms with Crippen LogP contribution in [0.2, 0.25) is 0 Å². The summed E-state index contributed by atoms with van der Waals surface area (Å²) in [7, 11) is 1.55. The number of carbonyl (C=O) groups excluding carboxylic acids is 1. The van der Waals surface area contributed by atoms with Gasteiger partial charge in [0.25, 0.3) is 0 Å². The summed E-state index contributed by atoms with van der Waals surface area (Å²) in [4.78, 5) is 10.9. The molecule has 0 saturated carbocycles. The van der Waals surface area contributed by atoms with Crippen molar-refractivity contribution in [3.8, 4) is 0 Å². The molecule has 0 spiro atoms. The van der Waals surface area contributed by atoms with Gasteiger partial charge in [-0.05, 0) is 18.6 Å². The van der Waals surface area contributed by atoms with Crippen LogP contribution in [0.1, 0.15) is 6.92 Å². The van der Waals surface area contributed by atoms with Gasteiger partial charge in [0.2, 0.25) is 0 Å². The van der Waals surface area contributed by atoms with Gasteiger partial charge in [0.1, 0.15) is 0 Å². The molecule has 0 atom stereocenters. The van der Waals surface area contributed by atoms with Crippen molar-refractivity contribution in [3.05, 3.63) is 36.6 Å². The maximum Gasteiger partial charge on any atom is 0.318 e. The first-order valence-corrected chi connectivity index (χ1v) is 3.59. The van der Waals surface area contributed by atoms with Crippen molar-refractivity contribution < 1.29 is 4.79 Å². The van der Waals surface area contributed by atoms with Crippen LogP contribution in [0.5, 0.6) is 0 Å². The maximum atomic E-state index is 10.9. The first-order chi connectivity index (χ1) is 5.61. The number of hydrogen-bond acceptors (Lipinski definition) is 1. The van der Waals surface area contributed by atoms with Gasteiger partial charge in [-0.1, -0.05) is 19.2 Å². The van der Waals surface area contributed by atoms with Gasteiger partial charge in [-0.15, -0.1) is 0 Å². The molecule has 0 rings (SSSR count). The average Bonchev–Trinajstić information content (AvgIpc) is 2.03. The van der Waals surface area contributed by atoms with Crippen molar-refractivity contribution in [2.75, 3.05) is 7.05 Å². The minimum Gasteiger partial charge on any atom is -0.341 e. The van der Waals surface area contributed by atoms with Gasteiger partial charge in [0.05, 0.1) is 0 Å². The average molecular weight is 166 g/mol. The van der Waals surface area contributed by atoms with E-state index in [9.17, 15) is 4.79 Å². The number of rotatable bonds is 3. The van der Waals surface area contributed by atoms with E-state index in [0.29, 0.717) is 5.70 Å². The zero-order chi connectivity index (χ0) is 9.56. The fraction of sp³-hybridized carbons (Fsp3) is 0.222. The predicted octanol–water partition coefficient (Wildman–Crippen LogP) is 1.56. The number of hydrogen-bond donors (Lipinski definition) is 2. The third-order valence-corrected chi connectivity index (χ3v) is 1.22. The molecule has 66 valence electrons. The summed E-state index contributed by atoms with van der Waals surface area (Å²) < 4.78 is 0. The normalized spacial score (nSPS) is 10.3. The molecule has 2 amide bonds. The van der Waals surface area contributed by atoms with E-state index in [2.05, 4.69) is 23.8 Å². The van der Waals surface area contributed by atoms with E-state index in [-0.39, 0.29) is 6.03 Å². The number of amides is 2. The van der Waals surface area contributed by atoms with E-state index < -0.39 is 0 Å². The Labute approximate surface area is 72.9 Å². The third-order valence-electron chi connectivity index (χ3n) is 1.22. The third kappa shape index (κ3) is 3.61. The van der Waals surface area contributed by atoms with Crippen LogP contribution in [0.15, 0.2) is 36.6 Å². The summed E-state index contributed by atoms with van der Waals surface area (Å²) in [6, 6.07) is -0.258. The molecule has 3 heteroatoms. The van der Waals surface area contributed by atoms with Crippen LogP contribution in [0.3, 0.4) is 0 Å². The van der Waals surface area contributed by atoms with Crippen LogP contribution in [-0.2, 0) is 0 Å². The highest BCUT2D eigenvalue weighted by Gasteiger charge is 2.00. The zero-order valence-electron chi connectivity index (χ0n) is 7.48. The standard InChI is InChI=1S/C9H14N2O/c1-5-6-8(7(2)3)11-9(12)10-4/h5-6H,1-2H2,3-4H3,(H2,10,11,12)/b8-6+. The first-order valence-electron chi connectivity index (χ1n) is 3.59. The number of allylic oxidation sites excluding steroid dienone is 3. The Morgan fingerprint density at radius 3 is 2.42 bits per heavy atom. The zero-order valence-corrected chi connectivity index (χ0v) is 7.48. The molecule has 0 aromatic heterocycles. The molecule has 12 heavy (non-hydrogen) atoms. The Bertz CT molecular complexity index is 229. The van der Waals surface area contributed by atoms with Gasteiger partial charge < -0.3 is 10.6 Å². The Morgan fingerprint density at radius 2 is 2.08 bits per heavy atom. The molecule has 0 aromatic carbocycles. The molecule has 0 heterocycles. The Morgan fingerprint density at radius 1 is 1.50 bits per heavy atom. The second kappa shape index (κ2) is 5.18. The van der Waals surface area contributed by atoms with E-state index in [0.717, 1.165) is 5.57 Å². The fourth-order valence-corrected chi connectivity index (χ4v) is 0.593. The molecular formula is C9H14N2O. The molecule has 0 unspecified atom stereocenters. The minimum atomic E-state index is -0.258. The van der Waals surface area contributed by atoms with E-state index in [1.54, 1.807) is 19.2 Å². The van der Waals surface area contributed by atoms with Crippen LogP contribution in [0.25, 0.3) is 0 Å². The highest BCUT2D eigenvalue weighted by atomic mass is 16.2. The lowest BCUT2D eigenvalue weighted by atomic mass is 10.2. The van der Waals surface area contributed by atoms with Crippen LogP contribution >= 0.6 is 0 Å². The monoisotopic (exact) mass is 166 g/mol. The minimum absolute atomic E-state index is 0.258. The lowest BCUT2D eigenvalue weighted by Crippen LogP contribution is -2.32. The summed E-state index contributed by atoms with van der Waals surface area (Å²) in [6.45, 7) is 9.04. The Kier molecular flexibility index (Phi) is 4.53. The summed E-state index contributed by atoms with van der Waals surface area (Å²) >= 11 is 0. The van der Waals surface area contributed by atoms with Crippen molar-refractivity contribution in [2.24, 2.45) is 0 Å². The maximum absolute atomic E-state index is 10.9. The Balaban J connectivity index is 4.34. The molecule has 0 saturated heterocycles. The number of urea groups is 1. The van der Waals surface area contributed by atoms with E-state index in [4.69, 9.17) is 0 Å². The summed E-state index contributed by atoms with van der Waals surface area (Å²) in [6.07, 6.45) is 3.29. The van der Waals surface area contributed by atoms with Crippen molar-refractivity contribution in [1.82, 2.24) is 10.6 Å². The molecule has 0 aliphatic rings. The van der Waals surface area contributed by atoms with Crippen LogP contribution in [0, 0.1) is 0 Å². The second-order valence-electron chi connectivity index (χ2n) is 2.30. The van der Waals surface area contributed by atoms with Crippen LogP contribution in [0.4, 0.5) is 4.79 Å². The van der Waals surface area contributed by atoms with Gasteiger partial charge in [-0.25, -0.2) is 4.79 Å². The predicted molar refractivity (Wildman–Crippen MR) is 50.7 cm³/mol. The summed E-state index contributed by atoms with van der Waals surface area (Å²) in [5, 5.41) is 5.05. The molecule has 0 aliphatic carbocycles. The van der Waals surface area contributed by atoms with Gasteiger partial charge >= 0.3 is 6.03 Å². The summed E-state index contributed by atoms with van der Waals surface area (Å²) in [5.74, 6) is 0. The summed E-state index contributed by atoms with van der Waals surface area (Å²) in [5.41, 5.74) is 1.46. The molecule has 0 bridgehead atoms. The molecule has 3 nitrogen and oxygen atoms in total. The van der Waals surface area contributed by atoms with Crippen molar-refractivity contribution in [1.29, 1.82) is 0 Å². The van der Waals surface area contributed by atoms with E-state index >= 15 is 0 Å². The molecular weight excluding hydrogens is 152 g/mol. The SMILES string of the molecule is C=C/C=C(/NC(=O)NC)C(=C)C. The second-order valence-corrected chi connectivity index (χ2v) is 2.30. The van der Waals surface area contributed by atoms with E-state index in [1.807, 2.05) is 6.92 Å². The fourth-order valence-electron chi connectivity index (χ4n) is 0.593. The quantitative estimate of drug-likeness (QED) is 0.614. The van der Waals surface area contributed by atoms with Crippen molar-refractivity contribution >= 4 is 6.03 Å². The molecule has 0 aromatic rings. The van der Waals surface area contributed by atoms with Gasteiger partial charge in [0.15, 0.2) is 0 Å². The highest BCUT2D eigenvalue weighted by molar-refractivity contribution is 5.76. The highest BCUT2D eigenvalue weighted by Crippen LogP contribution is 2.01. The van der Waals surface area contributed by atoms with Gasteiger partial charge in [-0.2, -0.15) is 0 Å². The number of nitrogens with one attached hydrogen (secondary N) is 2. The first kappa shape index (κ1) is 10.5. The molecule has 2 N–H and O–H groups in total. The van der Waals surface area contributed by atoms with Crippen LogP contribution < -0.4 is 10.6 Å².